The van der Waals surface area contributed by atoms with Crippen LogP contribution in [0, 0.1) is 0 Å². The van der Waals surface area contributed by atoms with E-state index in [9.17, 15) is 4.79 Å². The fraction of sp³-hybridized carbons (Fsp3) is 0.273. The van der Waals surface area contributed by atoms with Gasteiger partial charge in [-0.3, -0.25) is 4.79 Å². The molecule has 2 aromatic heterocycles. The van der Waals surface area contributed by atoms with Gasteiger partial charge in [0.2, 0.25) is 5.91 Å². The molecular formula is C22H22ClN5O2. The largest absolute Gasteiger partial charge is 0.493 e. The minimum absolute atomic E-state index is 0.0789. The normalized spacial score (nSPS) is 15.9. The summed E-state index contributed by atoms with van der Waals surface area (Å²) in [6, 6.07) is 10.8. The lowest BCUT2D eigenvalue weighted by molar-refractivity contribution is -0.130. The summed E-state index contributed by atoms with van der Waals surface area (Å²) in [7, 11) is 0. The van der Waals surface area contributed by atoms with E-state index >= 15 is 0 Å². The van der Waals surface area contributed by atoms with Crippen molar-refractivity contribution in [3.05, 3.63) is 65.8 Å². The van der Waals surface area contributed by atoms with Gasteiger partial charge in [-0.2, -0.15) is 0 Å². The summed E-state index contributed by atoms with van der Waals surface area (Å²) in [5, 5.41) is 0.653. The Balaban J connectivity index is 1.37. The fourth-order valence-electron chi connectivity index (χ4n) is 3.66. The third kappa shape index (κ3) is 4.68. The molecule has 0 saturated carbocycles. The fourth-order valence-corrected chi connectivity index (χ4v) is 3.78. The topological polar surface area (TPSA) is 94.2 Å². The molecule has 3 aromatic rings. The number of hydrogen-bond acceptors (Lipinski definition) is 6. The predicted octanol–water partition coefficient (Wildman–Crippen LogP) is 3.56. The zero-order valence-electron chi connectivity index (χ0n) is 16.4. The number of anilines is 1. The zero-order valence-corrected chi connectivity index (χ0v) is 17.1. The highest BCUT2D eigenvalue weighted by molar-refractivity contribution is 6.30. The molecule has 1 aromatic carbocycles. The molecule has 7 nitrogen and oxygen atoms in total. The average Bonchev–Trinajstić information content (AvgIpc) is 3.25. The standard InChI is InChI=1S/C22H22ClN5O2/c23-17-1-3-18(4-2-17)30-10-7-21(29)28-9-6-16(13-28)22-19(12-25-14-27-22)15-5-8-26-20(24)11-15/h1-5,8,11-12,14,16H,6-7,9-10,13H2,(H2,24,26)/t16-/m0/s1. The third-order valence-corrected chi connectivity index (χ3v) is 5.41. The number of carbonyl (C=O) groups is 1. The monoisotopic (exact) mass is 423 g/mol. The van der Waals surface area contributed by atoms with E-state index in [1.807, 2.05) is 17.0 Å². The molecule has 0 aliphatic carbocycles. The Labute approximate surface area is 179 Å². The van der Waals surface area contributed by atoms with Gasteiger partial charge in [0.15, 0.2) is 0 Å². The molecule has 154 valence electrons. The average molecular weight is 424 g/mol. The van der Waals surface area contributed by atoms with Crippen LogP contribution in [0.15, 0.2) is 55.1 Å². The molecule has 0 radical (unpaired) electrons. The van der Waals surface area contributed by atoms with Crippen LogP contribution in [0.5, 0.6) is 5.75 Å². The first kappa shape index (κ1) is 20.1. The molecule has 1 fully saturated rings. The third-order valence-electron chi connectivity index (χ3n) is 5.16. The lowest BCUT2D eigenvalue weighted by Crippen LogP contribution is -2.29. The number of nitrogens with two attached hydrogens (primary N) is 1. The van der Waals surface area contributed by atoms with Crippen molar-refractivity contribution in [1.29, 1.82) is 0 Å². The van der Waals surface area contributed by atoms with E-state index < -0.39 is 0 Å². The van der Waals surface area contributed by atoms with Crippen LogP contribution in [-0.2, 0) is 4.79 Å². The van der Waals surface area contributed by atoms with Crippen molar-refractivity contribution in [3.63, 3.8) is 0 Å². The van der Waals surface area contributed by atoms with Gasteiger partial charge in [-0.25, -0.2) is 15.0 Å². The molecule has 1 saturated heterocycles. The Morgan fingerprint density at radius 3 is 2.87 bits per heavy atom. The summed E-state index contributed by atoms with van der Waals surface area (Å²) in [5.74, 6) is 1.38. The number of benzene rings is 1. The van der Waals surface area contributed by atoms with Gasteiger partial charge >= 0.3 is 0 Å². The van der Waals surface area contributed by atoms with Crippen molar-refractivity contribution in [2.45, 2.75) is 18.8 Å². The highest BCUT2D eigenvalue weighted by atomic mass is 35.5. The first-order valence-electron chi connectivity index (χ1n) is 9.78. The number of nitrogens with zero attached hydrogens (tertiary/aromatic N) is 4. The maximum absolute atomic E-state index is 12.6. The molecular weight excluding hydrogens is 402 g/mol. The summed E-state index contributed by atoms with van der Waals surface area (Å²) in [5.41, 5.74) is 8.63. The van der Waals surface area contributed by atoms with Gasteiger partial charge < -0.3 is 15.4 Å². The number of pyridine rings is 1. The molecule has 1 atom stereocenters. The molecule has 2 N–H and O–H groups in total. The maximum atomic E-state index is 12.6. The second-order valence-electron chi connectivity index (χ2n) is 7.17. The molecule has 0 unspecified atom stereocenters. The van der Waals surface area contributed by atoms with Crippen LogP contribution in [0.2, 0.25) is 5.02 Å². The number of hydrogen-bond donors (Lipinski definition) is 1. The molecule has 1 aliphatic heterocycles. The molecule has 1 amide bonds. The van der Waals surface area contributed by atoms with Crippen molar-refractivity contribution < 1.29 is 9.53 Å². The van der Waals surface area contributed by atoms with Gasteiger partial charge in [0.05, 0.1) is 18.7 Å². The number of amides is 1. The Morgan fingerprint density at radius 2 is 2.07 bits per heavy atom. The van der Waals surface area contributed by atoms with Gasteiger partial charge in [-0.05, 0) is 48.4 Å². The van der Waals surface area contributed by atoms with Crippen LogP contribution in [0.3, 0.4) is 0 Å². The minimum Gasteiger partial charge on any atom is -0.493 e. The second kappa shape index (κ2) is 9.09. The summed E-state index contributed by atoms with van der Waals surface area (Å²) in [6.07, 6.45) is 6.20. The van der Waals surface area contributed by atoms with E-state index in [2.05, 4.69) is 15.0 Å². The summed E-state index contributed by atoms with van der Waals surface area (Å²) in [6.45, 7) is 1.66. The van der Waals surface area contributed by atoms with E-state index in [-0.39, 0.29) is 11.8 Å². The van der Waals surface area contributed by atoms with Gasteiger partial charge in [0, 0.05) is 42.0 Å². The Bertz CT molecular complexity index is 1030. The SMILES string of the molecule is Nc1cc(-c2cncnc2[C@H]2CCN(C(=O)CCOc3ccc(Cl)cc3)C2)ccn1. The first-order chi connectivity index (χ1) is 14.6. The quantitative estimate of drug-likeness (QED) is 0.651. The molecule has 4 rings (SSSR count). The Hall–Kier alpha value is -3.19. The number of ether oxygens (including phenoxy) is 1. The van der Waals surface area contributed by atoms with Crippen LogP contribution in [-0.4, -0.2) is 45.5 Å². The van der Waals surface area contributed by atoms with Crippen molar-refractivity contribution >= 4 is 23.3 Å². The summed E-state index contributed by atoms with van der Waals surface area (Å²) < 4.78 is 5.65. The Morgan fingerprint density at radius 1 is 1.23 bits per heavy atom. The van der Waals surface area contributed by atoms with Crippen molar-refractivity contribution in [1.82, 2.24) is 19.9 Å². The van der Waals surface area contributed by atoms with Crippen molar-refractivity contribution in [3.8, 4) is 16.9 Å². The second-order valence-corrected chi connectivity index (χ2v) is 7.61. The van der Waals surface area contributed by atoms with Gasteiger partial charge in [-0.15, -0.1) is 0 Å². The molecule has 0 bridgehead atoms. The molecule has 0 spiro atoms. The van der Waals surface area contributed by atoms with E-state index in [4.69, 9.17) is 22.1 Å². The highest BCUT2D eigenvalue weighted by Gasteiger charge is 2.29. The highest BCUT2D eigenvalue weighted by Crippen LogP contribution is 2.33. The molecule has 3 heterocycles. The van der Waals surface area contributed by atoms with Crippen molar-refractivity contribution in [2.24, 2.45) is 0 Å². The first-order valence-corrected chi connectivity index (χ1v) is 10.2. The number of nitrogen functional groups attached to an aromatic ring is 1. The lowest BCUT2D eigenvalue weighted by Gasteiger charge is -2.18. The van der Waals surface area contributed by atoms with Gasteiger partial charge in [-0.1, -0.05) is 11.6 Å². The number of likely N-dealkylation sites (tertiary alicyclic amines) is 1. The Kier molecular flexibility index (Phi) is 6.09. The number of halogens is 1. The molecule has 30 heavy (non-hydrogen) atoms. The van der Waals surface area contributed by atoms with E-state index in [0.29, 0.717) is 42.7 Å². The lowest BCUT2D eigenvalue weighted by atomic mass is 9.96. The van der Waals surface area contributed by atoms with E-state index in [1.54, 1.807) is 43.0 Å². The van der Waals surface area contributed by atoms with Crippen LogP contribution in [0.4, 0.5) is 5.82 Å². The minimum atomic E-state index is 0.0789. The van der Waals surface area contributed by atoms with Crippen LogP contribution in [0.1, 0.15) is 24.5 Å². The zero-order chi connectivity index (χ0) is 20.9. The van der Waals surface area contributed by atoms with Crippen molar-refractivity contribution in [2.75, 3.05) is 25.4 Å². The number of rotatable bonds is 6. The summed E-state index contributed by atoms with van der Waals surface area (Å²) in [4.78, 5) is 27.3. The van der Waals surface area contributed by atoms with Gasteiger partial charge in [0.25, 0.3) is 0 Å². The molecule has 1 aliphatic rings. The smallest absolute Gasteiger partial charge is 0.226 e. The number of aromatic nitrogens is 3. The van der Waals surface area contributed by atoms with Gasteiger partial charge in [0.1, 0.15) is 17.9 Å². The van der Waals surface area contributed by atoms with Crippen LogP contribution in [0.25, 0.3) is 11.1 Å². The molecule has 8 heteroatoms. The number of carbonyl (C=O) groups excluding carboxylic acids is 1. The van der Waals surface area contributed by atoms with Crippen LogP contribution < -0.4 is 10.5 Å². The predicted molar refractivity (Wildman–Crippen MR) is 115 cm³/mol. The summed E-state index contributed by atoms with van der Waals surface area (Å²) >= 11 is 5.87. The van der Waals surface area contributed by atoms with E-state index in [0.717, 1.165) is 23.2 Å². The van der Waals surface area contributed by atoms with Crippen LogP contribution >= 0.6 is 11.6 Å². The maximum Gasteiger partial charge on any atom is 0.226 e. The van der Waals surface area contributed by atoms with E-state index in [1.165, 1.54) is 0 Å².